The average Bonchev–Trinajstić information content (AvgIpc) is 3.54. The zero-order chi connectivity index (χ0) is 25.1. The average molecular weight is 531 g/mol. The molecule has 0 N–H and O–H groups in total. The molecule has 2 unspecified atom stereocenters. The third-order valence-electron chi connectivity index (χ3n) is 6.53. The molecule has 36 heavy (non-hydrogen) atoms. The molecule has 0 bridgehead atoms. The van der Waals surface area contributed by atoms with Gasteiger partial charge in [-0.05, 0) is 36.4 Å². The molecule has 2 aromatic carbocycles. The number of ether oxygens (including phenoxy) is 3. The van der Waals surface area contributed by atoms with Crippen molar-refractivity contribution < 1.29 is 19.0 Å². The Morgan fingerprint density at radius 3 is 2.58 bits per heavy atom. The van der Waals surface area contributed by atoms with E-state index in [1.165, 1.54) is 0 Å². The third-order valence-corrected chi connectivity index (χ3v) is 7.09. The SMILES string of the molecule is CC(=O)N1CCN(c2ccc(OCC3(Cn4ccnc4)OCC(c4ccc(Cl)cc4Cl)O3)cc2)CC1. The van der Waals surface area contributed by atoms with Gasteiger partial charge < -0.3 is 28.6 Å². The van der Waals surface area contributed by atoms with Crippen molar-refractivity contribution in [2.75, 3.05) is 44.3 Å². The zero-order valence-electron chi connectivity index (χ0n) is 20.0. The Balaban J connectivity index is 1.25. The Hall–Kier alpha value is -2.78. The number of rotatable bonds is 7. The quantitative estimate of drug-likeness (QED) is 0.450. The third kappa shape index (κ3) is 5.62. The summed E-state index contributed by atoms with van der Waals surface area (Å²) in [6.07, 6.45) is 4.94. The van der Waals surface area contributed by atoms with Crippen LogP contribution in [0.15, 0.2) is 61.2 Å². The van der Waals surface area contributed by atoms with Gasteiger partial charge in [0.2, 0.25) is 11.7 Å². The van der Waals surface area contributed by atoms with Crippen LogP contribution in [0.4, 0.5) is 5.69 Å². The molecule has 10 heteroatoms. The number of hydrogen-bond acceptors (Lipinski definition) is 6. The van der Waals surface area contributed by atoms with Gasteiger partial charge in [-0.3, -0.25) is 4.79 Å². The molecule has 1 amide bonds. The molecular formula is C26H28Cl2N4O4. The highest BCUT2D eigenvalue weighted by molar-refractivity contribution is 6.35. The van der Waals surface area contributed by atoms with E-state index in [1.54, 1.807) is 31.6 Å². The molecule has 2 aliphatic rings. The van der Waals surface area contributed by atoms with Gasteiger partial charge in [0, 0.05) is 66.8 Å². The maximum absolute atomic E-state index is 11.6. The van der Waals surface area contributed by atoms with Crippen LogP contribution in [0.1, 0.15) is 18.6 Å². The lowest BCUT2D eigenvalue weighted by molar-refractivity contribution is -0.196. The Kier molecular flexibility index (Phi) is 7.39. The zero-order valence-corrected chi connectivity index (χ0v) is 21.5. The minimum Gasteiger partial charge on any atom is -0.488 e. The number of halogens is 2. The standard InChI is InChI=1S/C26H28Cl2N4O4/c1-19(33)31-10-12-32(13-11-31)21-3-5-22(6-4-21)34-17-26(16-30-9-8-29-18-30)35-15-25(36-26)23-7-2-20(27)14-24(23)28/h2-9,14,18,25H,10-13,15-17H2,1H3. The Morgan fingerprint density at radius 2 is 1.92 bits per heavy atom. The molecule has 2 saturated heterocycles. The summed E-state index contributed by atoms with van der Waals surface area (Å²) in [4.78, 5) is 19.9. The summed E-state index contributed by atoms with van der Waals surface area (Å²) in [6.45, 7) is 5.64. The van der Waals surface area contributed by atoms with E-state index in [-0.39, 0.29) is 18.6 Å². The maximum Gasteiger partial charge on any atom is 0.222 e. The second-order valence-electron chi connectivity index (χ2n) is 9.00. The number of aromatic nitrogens is 2. The van der Waals surface area contributed by atoms with Crippen LogP contribution in [0.2, 0.25) is 10.0 Å². The Labute approximate surface area is 220 Å². The molecule has 5 rings (SSSR count). The van der Waals surface area contributed by atoms with Gasteiger partial charge in [0.1, 0.15) is 18.5 Å². The van der Waals surface area contributed by atoms with Crippen LogP contribution in [0.3, 0.4) is 0 Å². The molecule has 2 atom stereocenters. The number of nitrogens with zero attached hydrogens (tertiary/aromatic N) is 4. The van der Waals surface area contributed by atoms with E-state index in [1.807, 2.05) is 46.0 Å². The van der Waals surface area contributed by atoms with Crippen LogP contribution in [0.25, 0.3) is 0 Å². The molecule has 0 spiro atoms. The predicted octanol–water partition coefficient (Wildman–Crippen LogP) is 4.42. The molecule has 0 radical (unpaired) electrons. The fourth-order valence-corrected chi connectivity index (χ4v) is 5.09. The molecule has 2 fully saturated rings. The second-order valence-corrected chi connectivity index (χ2v) is 9.85. The fourth-order valence-electron chi connectivity index (χ4n) is 4.56. The van der Waals surface area contributed by atoms with E-state index in [9.17, 15) is 4.79 Å². The fraction of sp³-hybridized carbons (Fsp3) is 0.385. The molecule has 0 saturated carbocycles. The van der Waals surface area contributed by atoms with Gasteiger partial charge in [-0.1, -0.05) is 29.3 Å². The normalized spacial score (nSPS) is 22.1. The summed E-state index contributed by atoms with van der Waals surface area (Å²) in [6, 6.07) is 13.3. The van der Waals surface area contributed by atoms with Crippen molar-refractivity contribution in [2.45, 2.75) is 25.4 Å². The topological polar surface area (TPSA) is 69.1 Å². The van der Waals surface area contributed by atoms with Crippen molar-refractivity contribution in [3.63, 3.8) is 0 Å². The number of hydrogen-bond donors (Lipinski definition) is 0. The molecule has 8 nitrogen and oxygen atoms in total. The minimum atomic E-state index is -1.02. The van der Waals surface area contributed by atoms with E-state index in [2.05, 4.69) is 9.88 Å². The van der Waals surface area contributed by atoms with Crippen LogP contribution >= 0.6 is 23.2 Å². The van der Waals surface area contributed by atoms with Crippen molar-refractivity contribution in [3.05, 3.63) is 76.8 Å². The number of imidazole rings is 1. The lowest BCUT2D eigenvalue weighted by Crippen LogP contribution is -2.48. The van der Waals surface area contributed by atoms with E-state index < -0.39 is 5.79 Å². The number of piperazine rings is 1. The maximum atomic E-state index is 11.6. The van der Waals surface area contributed by atoms with E-state index in [0.29, 0.717) is 28.9 Å². The van der Waals surface area contributed by atoms with Gasteiger partial charge in [-0.25, -0.2) is 4.98 Å². The van der Waals surface area contributed by atoms with Gasteiger partial charge >= 0.3 is 0 Å². The molecular weight excluding hydrogens is 503 g/mol. The van der Waals surface area contributed by atoms with Crippen LogP contribution in [-0.2, 0) is 20.8 Å². The number of benzene rings is 2. The van der Waals surface area contributed by atoms with E-state index in [4.69, 9.17) is 37.4 Å². The van der Waals surface area contributed by atoms with Crippen molar-refractivity contribution >= 4 is 34.8 Å². The van der Waals surface area contributed by atoms with Crippen molar-refractivity contribution in [2.24, 2.45) is 0 Å². The van der Waals surface area contributed by atoms with E-state index >= 15 is 0 Å². The molecule has 0 aliphatic carbocycles. The number of amides is 1. The van der Waals surface area contributed by atoms with E-state index in [0.717, 1.165) is 37.4 Å². The number of carbonyl (C=O) groups is 1. The first kappa shape index (κ1) is 24.9. The van der Waals surface area contributed by atoms with Crippen LogP contribution < -0.4 is 9.64 Å². The van der Waals surface area contributed by atoms with Crippen LogP contribution in [0.5, 0.6) is 5.75 Å². The summed E-state index contributed by atoms with van der Waals surface area (Å²) in [5.74, 6) is -0.179. The van der Waals surface area contributed by atoms with Crippen LogP contribution in [0, 0.1) is 0 Å². The highest BCUT2D eigenvalue weighted by Gasteiger charge is 2.44. The van der Waals surface area contributed by atoms with Crippen LogP contribution in [-0.4, -0.2) is 65.5 Å². The van der Waals surface area contributed by atoms with Crippen molar-refractivity contribution in [1.29, 1.82) is 0 Å². The first-order chi connectivity index (χ1) is 17.4. The van der Waals surface area contributed by atoms with Gasteiger partial charge in [0.15, 0.2) is 0 Å². The molecule has 3 aromatic rings. The summed E-state index contributed by atoms with van der Waals surface area (Å²) in [5.41, 5.74) is 1.92. The van der Waals surface area contributed by atoms with Gasteiger partial charge in [-0.15, -0.1) is 0 Å². The smallest absolute Gasteiger partial charge is 0.222 e. The summed E-state index contributed by atoms with van der Waals surface area (Å²) in [7, 11) is 0. The van der Waals surface area contributed by atoms with Crippen molar-refractivity contribution in [3.8, 4) is 5.75 Å². The Morgan fingerprint density at radius 1 is 1.14 bits per heavy atom. The van der Waals surface area contributed by atoms with Crippen molar-refractivity contribution in [1.82, 2.24) is 14.5 Å². The number of carbonyl (C=O) groups excluding carboxylic acids is 1. The first-order valence-corrected chi connectivity index (χ1v) is 12.6. The van der Waals surface area contributed by atoms with Gasteiger partial charge in [0.25, 0.3) is 0 Å². The van der Waals surface area contributed by atoms with Gasteiger partial charge in [0.05, 0.1) is 19.5 Å². The highest BCUT2D eigenvalue weighted by atomic mass is 35.5. The lowest BCUT2D eigenvalue weighted by atomic mass is 10.1. The largest absolute Gasteiger partial charge is 0.488 e. The lowest BCUT2D eigenvalue weighted by Gasteiger charge is -2.35. The molecule has 2 aliphatic heterocycles. The number of anilines is 1. The molecule has 3 heterocycles. The second kappa shape index (κ2) is 10.7. The predicted molar refractivity (Wildman–Crippen MR) is 138 cm³/mol. The summed E-state index contributed by atoms with van der Waals surface area (Å²) >= 11 is 12.5. The first-order valence-electron chi connectivity index (χ1n) is 11.9. The van der Waals surface area contributed by atoms with Gasteiger partial charge in [-0.2, -0.15) is 0 Å². The summed E-state index contributed by atoms with van der Waals surface area (Å²) < 4.78 is 20.7. The molecule has 190 valence electrons. The minimum absolute atomic E-state index is 0.125. The highest BCUT2D eigenvalue weighted by Crippen LogP contribution is 2.38. The summed E-state index contributed by atoms with van der Waals surface area (Å²) in [5, 5.41) is 1.11. The molecule has 1 aromatic heterocycles. The Bertz CT molecular complexity index is 1180. The monoisotopic (exact) mass is 530 g/mol.